The Hall–Kier alpha value is -2.12. The van der Waals surface area contributed by atoms with Gasteiger partial charge in [0.1, 0.15) is 0 Å². The normalized spacial score (nSPS) is 10.3. The highest BCUT2D eigenvalue weighted by atomic mass is 16.2. The Bertz CT molecular complexity index is 198. The van der Waals surface area contributed by atoms with Crippen molar-refractivity contribution >= 4 is 24.5 Å². The van der Waals surface area contributed by atoms with Gasteiger partial charge in [0, 0.05) is 0 Å². The lowest BCUT2D eigenvalue weighted by atomic mass is 10.8. The van der Waals surface area contributed by atoms with Gasteiger partial charge in [-0.15, -0.1) is 0 Å². The summed E-state index contributed by atoms with van der Waals surface area (Å²) in [6.07, 6.45) is 2.22. The Morgan fingerprint density at radius 3 is 1.58 bits per heavy atom. The van der Waals surface area contributed by atoms with Crippen molar-refractivity contribution in [1.82, 2.24) is 10.9 Å². The molecular weight excluding hydrogens is 164 g/mol. The van der Waals surface area contributed by atoms with E-state index in [1.165, 1.54) is 0 Å². The summed E-state index contributed by atoms with van der Waals surface area (Å²) in [5.41, 5.74) is 13.1. The SMILES string of the molecule is NC(=O)N/N=C\C=N/NC(N)=O. The topological polar surface area (TPSA) is 135 Å². The first-order valence-electron chi connectivity index (χ1n) is 2.78. The van der Waals surface area contributed by atoms with Gasteiger partial charge in [-0.2, -0.15) is 10.2 Å². The van der Waals surface area contributed by atoms with Gasteiger partial charge in [0.25, 0.3) is 0 Å². The zero-order chi connectivity index (χ0) is 9.40. The minimum absolute atomic E-state index is 0.789. The van der Waals surface area contributed by atoms with Gasteiger partial charge in [-0.1, -0.05) is 0 Å². The minimum atomic E-state index is -0.789. The van der Waals surface area contributed by atoms with Crippen LogP contribution >= 0.6 is 0 Å². The van der Waals surface area contributed by atoms with E-state index >= 15 is 0 Å². The van der Waals surface area contributed by atoms with Crippen LogP contribution in [-0.4, -0.2) is 24.5 Å². The summed E-state index contributed by atoms with van der Waals surface area (Å²) in [6, 6.07) is -1.58. The van der Waals surface area contributed by atoms with Gasteiger partial charge in [0.2, 0.25) is 0 Å². The van der Waals surface area contributed by atoms with Crippen molar-refractivity contribution < 1.29 is 9.59 Å². The first kappa shape index (κ1) is 9.88. The predicted molar refractivity (Wildman–Crippen MR) is 42.4 cm³/mol. The third-order valence-corrected chi connectivity index (χ3v) is 0.565. The molecule has 0 radical (unpaired) electrons. The van der Waals surface area contributed by atoms with Crippen LogP contribution in [0, 0.1) is 0 Å². The van der Waals surface area contributed by atoms with Crippen molar-refractivity contribution in [3.05, 3.63) is 0 Å². The molecule has 0 unspecified atom stereocenters. The summed E-state index contributed by atoms with van der Waals surface area (Å²) in [6.45, 7) is 0. The van der Waals surface area contributed by atoms with Crippen LogP contribution in [-0.2, 0) is 0 Å². The molecule has 6 N–H and O–H groups in total. The highest BCUT2D eigenvalue weighted by Crippen LogP contribution is 1.57. The maximum atomic E-state index is 10.0. The van der Waals surface area contributed by atoms with Gasteiger partial charge >= 0.3 is 12.1 Å². The fraction of sp³-hybridized carbons (Fsp3) is 0. The Labute approximate surface area is 67.7 Å². The third-order valence-electron chi connectivity index (χ3n) is 0.565. The number of nitrogens with two attached hydrogens (primary N) is 2. The molecular formula is C4H8N6O2. The highest BCUT2D eigenvalue weighted by molar-refractivity contribution is 6.16. The van der Waals surface area contributed by atoms with Crippen molar-refractivity contribution in [3.8, 4) is 0 Å². The van der Waals surface area contributed by atoms with E-state index in [1.807, 2.05) is 10.9 Å². The maximum absolute atomic E-state index is 10.0. The molecule has 0 aromatic rings. The fourth-order valence-electron chi connectivity index (χ4n) is 0.268. The molecule has 0 aromatic carbocycles. The molecule has 66 valence electrons. The van der Waals surface area contributed by atoms with Gasteiger partial charge in [-0.25, -0.2) is 20.4 Å². The van der Waals surface area contributed by atoms with Gasteiger partial charge in [-0.05, 0) is 0 Å². The molecule has 0 saturated carbocycles. The third kappa shape index (κ3) is 7.88. The van der Waals surface area contributed by atoms with E-state index < -0.39 is 12.1 Å². The lowest BCUT2D eigenvalue weighted by molar-refractivity contribution is 0.248. The molecule has 0 fully saturated rings. The Kier molecular flexibility index (Phi) is 4.65. The summed E-state index contributed by atoms with van der Waals surface area (Å²) in [5.74, 6) is 0. The molecule has 0 heterocycles. The molecule has 0 aromatic heterocycles. The summed E-state index contributed by atoms with van der Waals surface area (Å²) in [4.78, 5) is 20.0. The monoisotopic (exact) mass is 172 g/mol. The van der Waals surface area contributed by atoms with E-state index in [1.54, 1.807) is 0 Å². The van der Waals surface area contributed by atoms with Gasteiger partial charge in [0.15, 0.2) is 0 Å². The smallest absolute Gasteiger partial charge is 0.332 e. The number of primary amides is 2. The van der Waals surface area contributed by atoms with Crippen LogP contribution in [0.5, 0.6) is 0 Å². The molecule has 4 amide bonds. The van der Waals surface area contributed by atoms with Crippen LogP contribution in [0.1, 0.15) is 0 Å². The predicted octanol–water partition coefficient (Wildman–Crippen LogP) is -1.71. The van der Waals surface area contributed by atoms with Crippen LogP contribution in [0.25, 0.3) is 0 Å². The van der Waals surface area contributed by atoms with Crippen molar-refractivity contribution in [2.45, 2.75) is 0 Å². The summed E-state index contributed by atoms with van der Waals surface area (Å²) >= 11 is 0. The number of carbonyl (C=O) groups is 2. The molecule has 0 spiro atoms. The van der Waals surface area contributed by atoms with E-state index in [-0.39, 0.29) is 0 Å². The zero-order valence-electron chi connectivity index (χ0n) is 6.02. The van der Waals surface area contributed by atoms with Crippen molar-refractivity contribution in [1.29, 1.82) is 0 Å². The average molecular weight is 172 g/mol. The molecule has 12 heavy (non-hydrogen) atoms. The molecule has 0 aliphatic carbocycles. The van der Waals surface area contributed by atoms with E-state index in [0.717, 1.165) is 12.4 Å². The van der Waals surface area contributed by atoms with Crippen LogP contribution in [0.15, 0.2) is 10.2 Å². The van der Waals surface area contributed by atoms with E-state index in [9.17, 15) is 9.59 Å². The molecule has 0 atom stereocenters. The average Bonchev–Trinajstić information content (AvgIpc) is 1.95. The number of urea groups is 2. The summed E-state index contributed by atoms with van der Waals surface area (Å²) in [7, 11) is 0. The van der Waals surface area contributed by atoms with E-state index in [4.69, 9.17) is 0 Å². The molecule has 8 heteroatoms. The largest absolute Gasteiger partial charge is 0.350 e. The van der Waals surface area contributed by atoms with E-state index in [0.29, 0.717) is 0 Å². The number of hydrogen-bond acceptors (Lipinski definition) is 4. The van der Waals surface area contributed by atoms with Crippen LogP contribution < -0.4 is 22.3 Å². The molecule has 0 bridgehead atoms. The number of rotatable bonds is 3. The zero-order valence-corrected chi connectivity index (χ0v) is 6.02. The van der Waals surface area contributed by atoms with Crippen LogP contribution in [0.3, 0.4) is 0 Å². The van der Waals surface area contributed by atoms with Crippen LogP contribution in [0.2, 0.25) is 0 Å². The Balaban J connectivity index is 3.52. The second-order valence-electron chi connectivity index (χ2n) is 1.51. The number of nitrogens with zero attached hydrogens (tertiary/aromatic N) is 2. The number of nitrogens with one attached hydrogen (secondary N) is 2. The van der Waals surface area contributed by atoms with E-state index in [2.05, 4.69) is 21.7 Å². The first-order valence-corrected chi connectivity index (χ1v) is 2.78. The van der Waals surface area contributed by atoms with Crippen molar-refractivity contribution in [2.75, 3.05) is 0 Å². The lowest BCUT2D eigenvalue weighted by Gasteiger charge is -1.88. The number of amides is 4. The molecule has 0 aliphatic heterocycles. The second kappa shape index (κ2) is 5.65. The Morgan fingerprint density at radius 2 is 1.33 bits per heavy atom. The Morgan fingerprint density at radius 1 is 1.00 bits per heavy atom. The van der Waals surface area contributed by atoms with Gasteiger partial charge in [0.05, 0.1) is 12.4 Å². The quantitative estimate of drug-likeness (QED) is 0.298. The highest BCUT2D eigenvalue weighted by Gasteiger charge is 1.82. The number of hydrazone groups is 2. The molecule has 0 aliphatic rings. The number of carbonyl (C=O) groups excluding carboxylic acids is 2. The molecule has 0 saturated heterocycles. The van der Waals surface area contributed by atoms with Crippen molar-refractivity contribution in [2.24, 2.45) is 21.7 Å². The summed E-state index contributed by atoms with van der Waals surface area (Å²) in [5, 5.41) is 6.55. The second-order valence-corrected chi connectivity index (χ2v) is 1.51. The summed E-state index contributed by atoms with van der Waals surface area (Å²) < 4.78 is 0. The maximum Gasteiger partial charge on any atom is 0.332 e. The standard InChI is InChI=1S/C4H8N6O2/c5-3(11)9-7-1-2-8-10-4(6)12/h1-2H,(H3,5,9,11)(H3,6,10,12)/b7-1-,8-2-. The van der Waals surface area contributed by atoms with Gasteiger partial charge < -0.3 is 11.5 Å². The van der Waals surface area contributed by atoms with Crippen molar-refractivity contribution in [3.63, 3.8) is 0 Å². The fourth-order valence-corrected chi connectivity index (χ4v) is 0.268. The minimum Gasteiger partial charge on any atom is -0.350 e. The molecule has 8 nitrogen and oxygen atoms in total. The first-order chi connectivity index (χ1) is 5.63. The van der Waals surface area contributed by atoms with Gasteiger partial charge in [-0.3, -0.25) is 0 Å². The molecule has 0 rings (SSSR count). The lowest BCUT2D eigenvalue weighted by Crippen LogP contribution is -2.25. The van der Waals surface area contributed by atoms with Crippen LogP contribution in [0.4, 0.5) is 9.59 Å². The number of hydrogen-bond donors (Lipinski definition) is 4.